The molecule has 132 valence electrons. The van der Waals surface area contributed by atoms with Crippen LogP contribution in [0.1, 0.15) is 15.9 Å². The third-order valence-corrected chi connectivity index (χ3v) is 3.63. The number of aryl methyl sites for hydroxylation is 1. The van der Waals surface area contributed by atoms with Gasteiger partial charge in [-0.25, -0.2) is 18.2 Å². The fourth-order valence-corrected chi connectivity index (χ4v) is 2.20. The Balaban J connectivity index is 1.71. The van der Waals surface area contributed by atoms with E-state index in [2.05, 4.69) is 15.6 Å². The van der Waals surface area contributed by atoms with Crippen LogP contribution in [0, 0.1) is 24.4 Å². The fourth-order valence-electron chi connectivity index (χ4n) is 2.20. The number of rotatable bonds is 4. The summed E-state index contributed by atoms with van der Waals surface area (Å²) in [5.74, 6) is -4.35. The summed E-state index contributed by atoms with van der Waals surface area (Å²) >= 11 is 0. The maximum absolute atomic E-state index is 13.7. The maximum atomic E-state index is 13.7. The topological polar surface area (TPSA) is 54.0 Å². The highest BCUT2D eigenvalue weighted by molar-refractivity contribution is 6.04. The molecule has 1 heterocycles. The van der Waals surface area contributed by atoms with E-state index >= 15 is 0 Å². The molecular formula is C19H14F3N3O. The van der Waals surface area contributed by atoms with Crippen molar-refractivity contribution in [2.24, 2.45) is 0 Å². The molecule has 0 aliphatic heterocycles. The van der Waals surface area contributed by atoms with Crippen LogP contribution in [0.15, 0.2) is 54.7 Å². The normalized spacial score (nSPS) is 10.5. The molecule has 3 aromatic rings. The van der Waals surface area contributed by atoms with Crippen molar-refractivity contribution in [2.45, 2.75) is 6.92 Å². The Kier molecular flexibility index (Phi) is 4.88. The molecule has 0 fully saturated rings. The molecule has 0 saturated heterocycles. The van der Waals surface area contributed by atoms with Crippen molar-refractivity contribution < 1.29 is 18.0 Å². The van der Waals surface area contributed by atoms with E-state index in [4.69, 9.17) is 0 Å². The number of pyridine rings is 1. The van der Waals surface area contributed by atoms with Crippen LogP contribution in [-0.2, 0) is 0 Å². The number of carbonyl (C=O) groups excluding carboxylic acids is 1. The molecule has 0 aliphatic rings. The quantitative estimate of drug-likeness (QED) is 0.659. The molecule has 0 atom stereocenters. The lowest BCUT2D eigenvalue weighted by molar-refractivity contribution is 0.102. The maximum Gasteiger partial charge on any atom is 0.257 e. The van der Waals surface area contributed by atoms with Crippen molar-refractivity contribution >= 4 is 23.1 Å². The van der Waals surface area contributed by atoms with Crippen LogP contribution < -0.4 is 10.6 Å². The third-order valence-electron chi connectivity index (χ3n) is 3.63. The molecule has 1 amide bonds. The van der Waals surface area contributed by atoms with Crippen molar-refractivity contribution in [2.75, 3.05) is 10.6 Å². The summed E-state index contributed by atoms with van der Waals surface area (Å²) in [7, 11) is 0. The number of hydrogen-bond donors (Lipinski definition) is 2. The highest BCUT2D eigenvalue weighted by atomic mass is 19.2. The summed E-state index contributed by atoms with van der Waals surface area (Å²) in [5, 5.41) is 5.26. The summed E-state index contributed by atoms with van der Waals surface area (Å²) in [6.45, 7) is 1.94. The van der Waals surface area contributed by atoms with E-state index in [0.717, 1.165) is 17.7 Å². The average molecular weight is 357 g/mol. The van der Waals surface area contributed by atoms with E-state index in [0.29, 0.717) is 11.3 Å². The van der Waals surface area contributed by atoms with E-state index in [9.17, 15) is 18.0 Å². The van der Waals surface area contributed by atoms with Gasteiger partial charge in [-0.15, -0.1) is 0 Å². The van der Waals surface area contributed by atoms with Gasteiger partial charge in [0.05, 0.1) is 11.3 Å². The Morgan fingerprint density at radius 2 is 1.65 bits per heavy atom. The van der Waals surface area contributed by atoms with E-state index in [1.165, 1.54) is 18.3 Å². The summed E-state index contributed by atoms with van der Waals surface area (Å²) in [6, 6.07) is 12.1. The van der Waals surface area contributed by atoms with E-state index < -0.39 is 17.5 Å². The number of aromatic nitrogens is 1. The lowest BCUT2D eigenvalue weighted by atomic mass is 10.2. The van der Waals surface area contributed by atoms with Gasteiger partial charge in [0, 0.05) is 11.9 Å². The first-order chi connectivity index (χ1) is 12.4. The van der Waals surface area contributed by atoms with Crippen molar-refractivity contribution in [3.8, 4) is 0 Å². The Hall–Kier alpha value is -3.35. The first-order valence-corrected chi connectivity index (χ1v) is 7.68. The second-order valence-electron chi connectivity index (χ2n) is 5.60. The van der Waals surface area contributed by atoms with Gasteiger partial charge >= 0.3 is 0 Å². The third kappa shape index (κ3) is 3.83. The average Bonchev–Trinajstić information content (AvgIpc) is 2.64. The molecule has 7 heteroatoms. The molecule has 0 aliphatic carbocycles. The molecule has 26 heavy (non-hydrogen) atoms. The van der Waals surface area contributed by atoms with Crippen LogP contribution in [0.25, 0.3) is 0 Å². The van der Waals surface area contributed by atoms with Crippen molar-refractivity contribution in [3.05, 3.63) is 83.3 Å². The molecule has 2 N–H and O–H groups in total. The molecule has 0 unspecified atom stereocenters. The highest BCUT2D eigenvalue weighted by Gasteiger charge is 2.14. The van der Waals surface area contributed by atoms with Gasteiger partial charge in [-0.3, -0.25) is 4.79 Å². The number of benzene rings is 2. The zero-order valence-electron chi connectivity index (χ0n) is 13.7. The lowest BCUT2D eigenvalue weighted by Crippen LogP contribution is -2.12. The fraction of sp³-hybridized carbons (Fsp3) is 0.0526. The van der Waals surface area contributed by atoms with Gasteiger partial charge in [0.15, 0.2) is 17.5 Å². The van der Waals surface area contributed by atoms with E-state index in [-0.39, 0.29) is 17.4 Å². The first-order valence-electron chi connectivity index (χ1n) is 7.68. The van der Waals surface area contributed by atoms with Crippen molar-refractivity contribution in [3.63, 3.8) is 0 Å². The van der Waals surface area contributed by atoms with Crippen LogP contribution in [0.2, 0.25) is 0 Å². The van der Waals surface area contributed by atoms with Crippen LogP contribution in [0.5, 0.6) is 0 Å². The monoisotopic (exact) mass is 357 g/mol. The molecule has 0 bridgehead atoms. The Bertz CT molecular complexity index is 941. The largest absolute Gasteiger partial charge is 0.338 e. The van der Waals surface area contributed by atoms with Crippen LogP contribution >= 0.6 is 0 Å². The van der Waals surface area contributed by atoms with Gasteiger partial charge in [0.2, 0.25) is 0 Å². The van der Waals surface area contributed by atoms with Gasteiger partial charge in [0.1, 0.15) is 5.82 Å². The number of nitrogens with zero attached hydrogens (tertiary/aromatic N) is 1. The summed E-state index contributed by atoms with van der Waals surface area (Å²) in [4.78, 5) is 16.2. The molecular weight excluding hydrogens is 343 g/mol. The summed E-state index contributed by atoms with van der Waals surface area (Å²) in [6.07, 6.45) is 1.30. The summed E-state index contributed by atoms with van der Waals surface area (Å²) in [5.41, 5.74) is 1.76. The van der Waals surface area contributed by atoms with Gasteiger partial charge < -0.3 is 10.6 Å². The summed E-state index contributed by atoms with van der Waals surface area (Å²) < 4.78 is 39.8. The Morgan fingerprint density at radius 1 is 0.923 bits per heavy atom. The number of halogens is 3. The molecule has 0 spiro atoms. The minimum Gasteiger partial charge on any atom is -0.338 e. The van der Waals surface area contributed by atoms with Crippen LogP contribution in [0.3, 0.4) is 0 Å². The van der Waals surface area contributed by atoms with Crippen molar-refractivity contribution in [1.82, 2.24) is 4.98 Å². The number of amides is 1. The van der Waals surface area contributed by atoms with Gasteiger partial charge in [-0.1, -0.05) is 17.7 Å². The minimum absolute atomic E-state index is 0.182. The van der Waals surface area contributed by atoms with E-state index in [1.807, 2.05) is 19.1 Å². The van der Waals surface area contributed by atoms with Crippen molar-refractivity contribution in [1.29, 1.82) is 0 Å². The van der Waals surface area contributed by atoms with Crippen LogP contribution in [0.4, 0.5) is 30.4 Å². The Labute approximate surface area is 147 Å². The number of nitrogens with one attached hydrogen (secondary N) is 2. The second-order valence-corrected chi connectivity index (χ2v) is 5.60. The predicted octanol–water partition coefficient (Wildman–Crippen LogP) is 4.80. The number of carbonyl (C=O) groups is 1. The predicted molar refractivity (Wildman–Crippen MR) is 93.0 cm³/mol. The number of anilines is 3. The molecule has 2 aromatic carbocycles. The van der Waals surface area contributed by atoms with Crippen LogP contribution in [-0.4, -0.2) is 10.9 Å². The molecule has 4 nitrogen and oxygen atoms in total. The lowest BCUT2D eigenvalue weighted by Gasteiger charge is -2.09. The molecule has 3 rings (SSSR count). The molecule has 0 radical (unpaired) electrons. The zero-order chi connectivity index (χ0) is 18.7. The Morgan fingerprint density at radius 3 is 2.31 bits per heavy atom. The smallest absolute Gasteiger partial charge is 0.257 e. The molecule has 0 saturated carbocycles. The number of hydrogen-bond acceptors (Lipinski definition) is 3. The standard InChI is InChI=1S/C19H14F3N3O/c1-11-2-5-13(6-3-11)24-19(26)12-4-9-16(23-10-12)25-15-8-7-14(20)17(21)18(15)22/h2-10H,1H3,(H,23,25)(H,24,26). The second kappa shape index (κ2) is 7.26. The SMILES string of the molecule is Cc1ccc(NC(=O)c2ccc(Nc3ccc(F)c(F)c3F)nc2)cc1. The first kappa shape index (κ1) is 17.5. The minimum atomic E-state index is -1.57. The van der Waals surface area contributed by atoms with Gasteiger partial charge in [-0.05, 0) is 43.3 Å². The zero-order valence-corrected chi connectivity index (χ0v) is 13.7. The van der Waals surface area contributed by atoms with Gasteiger partial charge in [0.25, 0.3) is 5.91 Å². The highest BCUT2D eigenvalue weighted by Crippen LogP contribution is 2.22. The molecule has 1 aromatic heterocycles. The van der Waals surface area contributed by atoms with E-state index in [1.54, 1.807) is 12.1 Å². The van der Waals surface area contributed by atoms with Gasteiger partial charge in [-0.2, -0.15) is 0 Å².